The zero-order valence-electron chi connectivity index (χ0n) is 25.9. The van der Waals surface area contributed by atoms with Gasteiger partial charge in [0, 0.05) is 6.42 Å². The van der Waals surface area contributed by atoms with E-state index in [1.807, 2.05) is 0 Å². The molecule has 1 fully saturated rings. The molecule has 0 saturated carbocycles. The van der Waals surface area contributed by atoms with Gasteiger partial charge in [0.15, 0.2) is 0 Å². The number of ether oxygens (including phenoxy) is 1. The van der Waals surface area contributed by atoms with Gasteiger partial charge >= 0.3 is 0 Å². The monoisotopic (exact) mass is 518 g/mol. The fourth-order valence-electron chi connectivity index (χ4n) is 5.88. The molecule has 1 aliphatic rings. The van der Waals surface area contributed by atoms with Crippen molar-refractivity contribution in [3.8, 4) is 0 Å². The highest BCUT2D eigenvalue weighted by Crippen LogP contribution is 2.35. The van der Waals surface area contributed by atoms with Crippen LogP contribution in [0.2, 0.25) is 0 Å². The van der Waals surface area contributed by atoms with E-state index in [1.165, 1.54) is 192 Å². The summed E-state index contributed by atoms with van der Waals surface area (Å²) in [6, 6.07) is 0. The van der Waals surface area contributed by atoms with E-state index in [0.29, 0.717) is 0 Å². The highest BCUT2D eigenvalue weighted by Gasteiger charge is 2.28. The van der Waals surface area contributed by atoms with Crippen LogP contribution in [0.15, 0.2) is 12.2 Å². The Balaban J connectivity index is 1.88. The van der Waals surface area contributed by atoms with Crippen LogP contribution < -0.4 is 0 Å². The molecule has 1 heteroatoms. The first-order valence-electron chi connectivity index (χ1n) is 17.5. The fourth-order valence-corrected chi connectivity index (χ4v) is 5.88. The molecule has 0 aromatic rings. The summed E-state index contributed by atoms with van der Waals surface area (Å²) in [7, 11) is 0. The molecule has 0 aromatic heterocycles. The molecular weight excluding hydrogens is 448 g/mol. The van der Waals surface area contributed by atoms with E-state index < -0.39 is 0 Å². The van der Waals surface area contributed by atoms with Gasteiger partial charge in [-0.2, -0.15) is 0 Å². The van der Waals surface area contributed by atoms with Crippen molar-refractivity contribution < 1.29 is 4.74 Å². The zero-order chi connectivity index (χ0) is 26.5. The van der Waals surface area contributed by atoms with Crippen LogP contribution in [0.25, 0.3) is 0 Å². The second kappa shape index (κ2) is 28.7. The summed E-state index contributed by atoms with van der Waals surface area (Å²) in [5.74, 6) is 0.772. The van der Waals surface area contributed by atoms with Gasteiger partial charge in [-0.15, -0.1) is 0 Å². The van der Waals surface area contributed by atoms with Crippen LogP contribution in [-0.4, -0.2) is 6.61 Å². The van der Waals surface area contributed by atoms with E-state index in [0.717, 1.165) is 12.5 Å². The third kappa shape index (κ3) is 23.3. The van der Waals surface area contributed by atoms with Gasteiger partial charge in [-0.3, -0.25) is 0 Å². The molecule has 0 aliphatic carbocycles. The second-order valence-electron chi connectivity index (χ2n) is 12.2. The van der Waals surface area contributed by atoms with E-state index >= 15 is 0 Å². The SMILES string of the molecule is CCCCCCCC/C=C\CCCCCCCCC(CCCCCCCCCCCCCC)[C]1CCO1. The van der Waals surface area contributed by atoms with Crippen LogP contribution in [0, 0.1) is 12.0 Å². The Morgan fingerprint density at radius 2 is 0.811 bits per heavy atom. The molecule has 0 N–H and O–H groups in total. The van der Waals surface area contributed by atoms with Crippen molar-refractivity contribution in [3.63, 3.8) is 0 Å². The van der Waals surface area contributed by atoms with Crippen LogP contribution in [0.3, 0.4) is 0 Å². The molecule has 1 radical (unpaired) electrons. The molecule has 0 aromatic carbocycles. The Labute approximate surface area is 235 Å². The van der Waals surface area contributed by atoms with E-state index in [2.05, 4.69) is 26.0 Å². The second-order valence-corrected chi connectivity index (χ2v) is 12.2. The van der Waals surface area contributed by atoms with Gasteiger partial charge in [0.2, 0.25) is 0 Å². The normalized spacial score (nSPS) is 15.0. The van der Waals surface area contributed by atoms with Gasteiger partial charge in [-0.1, -0.05) is 167 Å². The Kier molecular flexibility index (Phi) is 26.9. The summed E-state index contributed by atoms with van der Waals surface area (Å²) in [6.07, 6.45) is 47.3. The molecular formula is C36H69O. The molecule has 1 saturated heterocycles. The molecule has 1 unspecified atom stereocenters. The average Bonchev–Trinajstić information content (AvgIpc) is 2.87. The predicted octanol–water partition coefficient (Wildman–Crippen LogP) is 13.1. The van der Waals surface area contributed by atoms with Crippen LogP contribution in [0.4, 0.5) is 0 Å². The van der Waals surface area contributed by atoms with Gasteiger partial charge in [0.1, 0.15) is 6.10 Å². The maximum absolute atomic E-state index is 5.84. The molecule has 1 heterocycles. The highest BCUT2D eigenvalue weighted by atomic mass is 16.5. The molecule has 37 heavy (non-hydrogen) atoms. The third-order valence-electron chi connectivity index (χ3n) is 8.56. The summed E-state index contributed by atoms with van der Waals surface area (Å²) in [5.41, 5.74) is 0. The van der Waals surface area contributed by atoms with Gasteiger partial charge in [-0.25, -0.2) is 0 Å². The first-order valence-corrected chi connectivity index (χ1v) is 17.5. The minimum absolute atomic E-state index is 0.772. The lowest BCUT2D eigenvalue weighted by Gasteiger charge is -2.33. The topological polar surface area (TPSA) is 9.23 Å². The molecule has 1 atom stereocenters. The summed E-state index contributed by atoms with van der Waals surface area (Å²) in [4.78, 5) is 0. The highest BCUT2D eigenvalue weighted by molar-refractivity contribution is 4.93. The zero-order valence-corrected chi connectivity index (χ0v) is 25.9. The molecule has 219 valence electrons. The fraction of sp³-hybridized carbons (Fsp3) is 0.917. The first kappa shape index (κ1) is 34.7. The number of allylic oxidation sites excluding steroid dienone is 2. The summed E-state index contributed by atoms with van der Waals surface area (Å²) in [5, 5.41) is 0. The number of unbranched alkanes of at least 4 members (excludes halogenated alkanes) is 23. The molecule has 0 spiro atoms. The summed E-state index contributed by atoms with van der Waals surface area (Å²) in [6.45, 7) is 5.59. The smallest absolute Gasteiger partial charge is 0.102 e. The lowest BCUT2D eigenvalue weighted by atomic mass is 9.86. The number of hydrogen-bond donors (Lipinski definition) is 0. The quantitative estimate of drug-likeness (QED) is 0.0679. The summed E-state index contributed by atoms with van der Waals surface area (Å²) >= 11 is 0. The Hall–Kier alpha value is -0.300. The minimum atomic E-state index is 0.772. The van der Waals surface area contributed by atoms with Crippen molar-refractivity contribution in [1.82, 2.24) is 0 Å². The standard InChI is InChI=1S/C36H69O/c1-3-5-7-9-11-13-15-17-18-19-20-22-24-26-28-30-32-35(36-33-34-37-36)31-29-27-25-23-21-16-14-12-10-8-6-4-2/h17-18,35H,3-16,19-34H2,1-2H3/b18-17-. The van der Waals surface area contributed by atoms with Crippen molar-refractivity contribution >= 4 is 0 Å². The molecule has 1 nitrogen and oxygen atoms in total. The molecule has 0 bridgehead atoms. The van der Waals surface area contributed by atoms with E-state index in [-0.39, 0.29) is 0 Å². The maximum Gasteiger partial charge on any atom is 0.102 e. The third-order valence-corrected chi connectivity index (χ3v) is 8.56. The van der Waals surface area contributed by atoms with Gasteiger partial charge in [-0.05, 0) is 44.4 Å². The average molecular weight is 518 g/mol. The minimum Gasteiger partial charge on any atom is -0.371 e. The van der Waals surface area contributed by atoms with Crippen molar-refractivity contribution in [2.24, 2.45) is 5.92 Å². The lowest BCUT2D eigenvalue weighted by Crippen LogP contribution is -2.26. The number of hydrogen-bond acceptors (Lipinski definition) is 1. The van der Waals surface area contributed by atoms with E-state index in [1.54, 1.807) is 0 Å². The van der Waals surface area contributed by atoms with Crippen LogP contribution in [0.1, 0.15) is 200 Å². The largest absolute Gasteiger partial charge is 0.371 e. The van der Waals surface area contributed by atoms with Crippen LogP contribution in [-0.2, 0) is 4.74 Å². The van der Waals surface area contributed by atoms with Crippen molar-refractivity contribution in [3.05, 3.63) is 18.3 Å². The van der Waals surface area contributed by atoms with Gasteiger partial charge < -0.3 is 4.74 Å². The van der Waals surface area contributed by atoms with E-state index in [4.69, 9.17) is 4.74 Å². The van der Waals surface area contributed by atoms with E-state index in [9.17, 15) is 0 Å². The summed E-state index contributed by atoms with van der Waals surface area (Å²) < 4.78 is 5.84. The van der Waals surface area contributed by atoms with Crippen molar-refractivity contribution in [1.29, 1.82) is 0 Å². The van der Waals surface area contributed by atoms with Gasteiger partial charge in [0.25, 0.3) is 0 Å². The van der Waals surface area contributed by atoms with Crippen LogP contribution in [0.5, 0.6) is 0 Å². The Morgan fingerprint density at radius 3 is 1.14 bits per heavy atom. The van der Waals surface area contributed by atoms with Crippen LogP contribution >= 0.6 is 0 Å². The Bertz CT molecular complexity index is 452. The van der Waals surface area contributed by atoms with Crippen molar-refractivity contribution in [2.45, 2.75) is 200 Å². The molecule has 1 aliphatic heterocycles. The molecule has 1 rings (SSSR count). The van der Waals surface area contributed by atoms with Gasteiger partial charge in [0.05, 0.1) is 6.61 Å². The Morgan fingerprint density at radius 1 is 0.486 bits per heavy atom. The molecule has 0 amide bonds. The lowest BCUT2D eigenvalue weighted by molar-refractivity contribution is 0.00198. The van der Waals surface area contributed by atoms with Crippen molar-refractivity contribution in [2.75, 3.05) is 6.61 Å². The predicted molar refractivity (Wildman–Crippen MR) is 167 cm³/mol. The number of rotatable bonds is 30. The maximum atomic E-state index is 5.84. The first-order chi connectivity index (χ1) is 18.4.